The molecule has 24 heavy (non-hydrogen) atoms. The Kier molecular flexibility index (Phi) is 5.67. The van der Waals surface area contributed by atoms with E-state index in [0.29, 0.717) is 28.9 Å². The highest BCUT2D eigenvalue weighted by Crippen LogP contribution is 2.24. The maximum absolute atomic E-state index is 12.9. The second-order valence-corrected chi connectivity index (χ2v) is 7.46. The summed E-state index contributed by atoms with van der Waals surface area (Å²) in [6, 6.07) is 0. The van der Waals surface area contributed by atoms with Gasteiger partial charge in [-0.3, -0.25) is 4.79 Å². The summed E-state index contributed by atoms with van der Waals surface area (Å²) in [5, 5.41) is 3.77. The van der Waals surface area contributed by atoms with Crippen LogP contribution in [0.3, 0.4) is 0 Å². The summed E-state index contributed by atoms with van der Waals surface area (Å²) in [5.41, 5.74) is 0.793. The minimum absolute atomic E-state index is 0.102. The average molecular weight is 336 g/mol. The average Bonchev–Trinajstić information content (AvgIpc) is 2.81. The Bertz CT molecular complexity index is 579. The number of nitrogens with zero attached hydrogens (tertiary/aromatic N) is 2. The van der Waals surface area contributed by atoms with Crippen LogP contribution < -0.4 is 0 Å². The normalized spacial score (nSPS) is 22.5. The van der Waals surface area contributed by atoms with Crippen molar-refractivity contribution in [3.63, 3.8) is 0 Å². The number of carbonyl (C=O) groups excluding carboxylic acids is 2. The molecule has 0 unspecified atom stereocenters. The Morgan fingerprint density at radius 1 is 1.21 bits per heavy atom. The topological polar surface area (TPSA) is 72.6 Å². The first-order chi connectivity index (χ1) is 11.2. The van der Waals surface area contributed by atoms with Gasteiger partial charge in [0.25, 0.3) is 5.91 Å². The lowest BCUT2D eigenvalue weighted by Gasteiger charge is -2.37. The van der Waals surface area contributed by atoms with E-state index in [4.69, 9.17) is 9.26 Å². The van der Waals surface area contributed by atoms with E-state index in [2.05, 4.69) is 19.0 Å². The van der Waals surface area contributed by atoms with Gasteiger partial charge in [-0.15, -0.1) is 0 Å². The molecule has 134 valence electrons. The van der Waals surface area contributed by atoms with Crippen LogP contribution in [0.25, 0.3) is 0 Å². The molecular weight excluding hydrogens is 308 g/mol. The molecule has 3 atom stereocenters. The van der Waals surface area contributed by atoms with E-state index in [1.165, 1.54) is 0 Å². The first kappa shape index (κ1) is 18.5. The molecule has 2 rings (SSSR count). The lowest BCUT2D eigenvalue weighted by Crippen LogP contribution is -2.49. The number of hydrogen-bond donors (Lipinski definition) is 0. The van der Waals surface area contributed by atoms with Crippen LogP contribution in [0.15, 0.2) is 4.52 Å². The molecule has 1 saturated heterocycles. The zero-order valence-electron chi connectivity index (χ0n) is 15.5. The van der Waals surface area contributed by atoms with Gasteiger partial charge in [-0.25, -0.2) is 4.79 Å². The zero-order chi connectivity index (χ0) is 18.0. The minimum Gasteiger partial charge on any atom is -0.448 e. The molecule has 1 aromatic rings. The molecule has 6 nitrogen and oxygen atoms in total. The highest BCUT2D eigenvalue weighted by Gasteiger charge is 2.35. The fraction of sp³-hybridized carbons (Fsp3) is 0.722. The number of ether oxygens (including phenoxy) is 1. The molecule has 0 N–H and O–H groups in total. The predicted molar refractivity (Wildman–Crippen MR) is 89.5 cm³/mol. The Morgan fingerprint density at radius 3 is 2.25 bits per heavy atom. The van der Waals surface area contributed by atoms with Crippen molar-refractivity contribution in [1.82, 2.24) is 10.1 Å². The quantitative estimate of drug-likeness (QED) is 0.790. The molecule has 1 aliphatic heterocycles. The van der Waals surface area contributed by atoms with Gasteiger partial charge in [0.2, 0.25) is 0 Å². The predicted octanol–water partition coefficient (Wildman–Crippen LogP) is 2.98. The largest absolute Gasteiger partial charge is 0.448 e. The molecule has 2 heterocycles. The third-order valence-corrected chi connectivity index (χ3v) is 4.50. The molecule has 1 aromatic heterocycles. The summed E-state index contributed by atoms with van der Waals surface area (Å²) in [6.45, 7) is 12.9. The molecule has 1 amide bonds. The van der Waals surface area contributed by atoms with Gasteiger partial charge in [-0.2, -0.15) is 0 Å². The first-order valence-electron chi connectivity index (χ1n) is 8.63. The number of esters is 1. The summed E-state index contributed by atoms with van der Waals surface area (Å²) in [7, 11) is 0. The number of hydrogen-bond acceptors (Lipinski definition) is 5. The number of carbonyl (C=O) groups is 2. The highest BCUT2D eigenvalue weighted by atomic mass is 16.6. The molecule has 0 radical (unpaired) electrons. The number of piperidine rings is 1. The number of amides is 1. The van der Waals surface area contributed by atoms with Gasteiger partial charge >= 0.3 is 5.97 Å². The van der Waals surface area contributed by atoms with Gasteiger partial charge in [0.1, 0.15) is 11.3 Å². The van der Waals surface area contributed by atoms with Gasteiger partial charge in [0.05, 0.1) is 5.69 Å². The number of rotatable bonds is 4. The molecule has 1 aliphatic rings. The fourth-order valence-corrected chi connectivity index (χ4v) is 3.44. The molecule has 0 aliphatic carbocycles. The standard InChI is InChI=1S/C18H28N2O4/c1-10(2)16(17(21)20-8-11(3)7-12(4)9-20)23-18(22)15-13(5)19-24-14(15)6/h10-12,16H,7-9H2,1-6H3/t11-,12-,16-/m0/s1. The molecule has 0 saturated carbocycles. The molecule has 0 bridgehead atoms. The smallest absolute Gasteiger partial charge is 0.344 e. The number of aryl methyl sites for hydroxylation is 2. The van der Waals surface area contributed by atoms with E-state index in [1.807, 2.05) is 18.7 Å². The van der Waals surface area contributed by atoms with Crippen molar-refractivity contribution in [2.45, 2.75) is 54.1 Å². The van der Waals surface area contributed by atoms with E-state index in [0.717, 1.165) is 19.5 Å². The summed E-state index contributed by atoms with van der Waals surface area (Å²) in [4.78, 5) is 27.2. The Labute approximate surface area is 143 Å². The minimum atomic E-state index is -0.788. The summed E-state index contributed by atoms with van der Waals surface area (Å²) < 4.78 is 10.6. The SMILES string of the molecule is Cc1noc(C)c1C(=O)O[C@H](C(=O)N1C[C@@H](C)C[C@H](C)C1)C(C)C. The van der Waals surface area contributed by atoms with Crippen molar-refractivity contribution in [3.05, 3.63) is 17.0 Å². The third kappa shape index (κ3) is 3.97. The van der Waals surface area contributed by atoms with E-state index >= 15 is 0 Å². The first-order valence-corrected chi connectivity index (χ1v) is 8.63. The van der Waals surface area contributed by atoms with Crippen molar-refractivity contribution in [2.24, 2.45) is 17.8 Å². The lowest BCUT2D eigenvalue weighted by molar-refractivity contribution is -0.145. The van der Waals surface area contributed by atoms with Crippen LogP contribution in [0.5, 0.6) is 0 Å². The van der Waals surface area contributed by atoms with Crippen LogP contribution in [0.2, 0.25) is 0 Å². The van der Waals surface area contributed by atoms with Crippen LogP contribution in [0.1, 0.15) is 55.9 Å². The van der Waals surface area contributed by atoms with Crippen LogP contribution >= 0.6 is 0 Å². The van der Waals surface area contributed by atoms with Gasteiger partial charge in [-0.05, 0) is 38.0 Å². The van der Waals surface area contributed by atoms with Crippen molar-refractivity contribution in [1.29, 1.82) is 0 Å². The second-order valence-electron chi connectivity index (χ2n) is 7.46. The third-order valence-electron chi connectivity index (χ3n) is 4.50. The van der Waals surface area contributed by atoms with Crippen LogP contribution in [0, 0.1) is 31.6 Å². The summed E-state index contributed by atoms with van der Waals surface area (Å²) >= 11 is 0. The Balaban J connectivity index is 2.14. The van der Waals surface area contributed by atoms with E-state index < -0.39 is 12.1 Å². The fourth-order valence-electron chi connectivity index (χ4n) is 3.44. The molecule has 6 heteroatoms. The van der Waals surface area contributed by atoms with E-state index in [9.17, 15) is 9.59 Å². The van der Waals surface area contributed by atoms with Gasteiger partial charge in [0, 0.05) is 13.1 Å². The Morgan fingerprint density at radius 2 is 1.79 bits per heavy atom. The molecular formula is C18H28N2O4. The summed E-state index contributed by atoms with van der Waals surface area (Å²) in [5.74, 6) is 0.578. The van der Waals surface area contributed by atoms with Crippen molar-refractivity contribution in [2.75, 3.05) is 13.1 Å². The van der Waals surface area contributed by atoms with Crippen LogP contribution in [-0.2, 0) is 9.53 Å². The van der Waals surface area contributed by atoms with Gasteiger partial charge in [-0.1, -0.05) is 32.9 Å². The zero-order valence-corrected chi connectivity index (χ0v) is 15.5. The van der Waals surface area contributed by atoms with Crippen LogP contribution in [0.4, 0.5) is 0 Å². The maximum Gasteiger partial charge on any atom is 0.344 e. The van der Waals surface area contributed by atoms with Gasteiger partial charge < -0.3 is 14.2 Å². The van der Waals surface area contributed by atoms with Crippen molar-refractivity contribution >= 4 is 11.9 Å². The van der Waals surface area contributed by atoms with Crippen molar-refractivity contribution < 1.29 is 18.8 Å². The maximum atomic E-state index is 12.9. The number of likely N-dealkylation sites (tertiary alicyclic amines) is 1. The van der Waals surface area contributed by atoms with Crippen molar-refractivity contribution in [3.8, 4) is 0 Å². The number of aromatic nitrogens is 1. The molecule has 0 aromatic carbocycles. The van der Waals surface area contributed by atoms with Gasteiger partial charge in [0.15, 0.2) is 6.10 Å². The van der Waals surface area contributed by atoms with E-state index in [-0.39, 0.29) is 11.8 Å². The molecule has 0 spiro atoms. The molecule has 1 fully saturated rings. The van der Waals surface area contributed by atoms with Crippen LogP contribution in [-0.4, -0.2) is 41.1 Å². The summed E-state index contributed by atoms with van der Waals surface area (Å²) in [6.07, 6.45) is 0.332. The van der Waals surface area contributed by atoms with E-state index in [1.54, 1.807) is 13.8 Å². The highest BCUT2D eigenvalue weighted by molar-refractivity contribution is 5.94. The second kappa shape index (κ2) is 7.36. The monoisotopic (exact) mass is 336 g/mol. The lowest BCUT2D eigenvalue weighted by atomic mass is 9.91. The Hall–Kier alpha value is -1.85.